The number of hydrogen-bond donors (Lipinski definition) is 1. The van der Waals surface area contributed by atoms with Crippen LogP contribution in [0.25, 0.3) is 0 Å². The monoisotopic (exact) mass is 231 g/mol. The first kappa shape index (κ1) is 9.90. The van der Waals surface area contributed by atoms with E-state index in [0.717, 1.165) is 30.8 Å². The number of thiol groups is 1. The van der Waals surface area contributed by atoms with Gasteiger partial charge in [0.25, 0.3) is 0 Å². The third-order valence-electron chi connectivity index (χ3n) is 2.99. The predicted molar refractivity (Wildman–Crippen MR) is 65.6 cm³/mol. The minimum absolute atomic E-state index is 0.334. The maximum Gasteiger partial charge on any atom is 0.0952 e. The van der Waals surface area contributed by atoms with Gasteiger partial charge in [-0.15, -0.1) is 0 Å². The van der Waals surface area contributed by atoms with Crippen molar-refractivity contribution in [1.82, 2.24) is 14.5 Å². The van der Waals surface area contributed by atoms with E-state index in [1.54, 1.807) is 0 Å². The van der Waals surface area contributed by atoms with E-state index in [-0.39, 0.29) is 0 Å². The Balaban J connectivity index is 1.92. The summed E-state index contributed by atoms with van der Waals surface area (Å²) in [4.78, 5) is 8.79. The minimum atomic E-state index is 0.334. The molecule has 4 heteroatoms. The van der Waals surface area contributed by atoms with E-state index < -0.39 is 0 Å². The van der Waals surface area contributed by atoms with Crippen LogP contribution < -0.4 is 0 Å². The molecule has 0 saturated carbocycles. The number of imidazole rings is 1. The summed E-state index contributed by atoms with van der Waals surface area (Å²) in [5.41, 5.74) is 3.46. The Morgan fingerprint density at radius 1 is 1.38 bits per heavy atom. The fourth-order valence-corrected chi connectivity index (χ4v) is 2.62. The highest BCUT2D eigenvalue weighted by atomic mass is 32.1. The van der Waals surface area contributed by atoms with Crippen LogP contribution in [0.2, 0.25) is 0 Å². The van der Waals surface area contributed by atoms with E-state index >= 15 is 0 Å². The number of rotatable bonds is 2. The van der Waals surface area contributed by atoms with Crippen molar-refractivity contribution in [2.45, 2.75) is 24.6 Å². The number of aromatic nitrogens is 3. The Kier molecular flexibility index (Phi) is 2.44. The molecule has 1 aliphatic rings. The lowest BCUT2D eigenvalue weighted by Crippen LogP contribution is -1.97. The van der Waals surface area contributed by atoms with Crippen LogP contribution in [0.15, 0.2) is 30.7 Å². The van der Waals surface area contributed by atoms with E-state index in [9.17, 15) is 0 Å². The van der Waals surface area contributed by atoms with E-state index in [1.807, 2.05) is 30.7 Å². The first-order valence-corrected chi connectivity index (χ1v) is 5.98. The van der Waals surface area contributed by atoms with Crippen molar-refractivity contribution in [3.8, 4) is 0 Å². The summed E-state index contributed by atoms with van der Waals surface area (Å²) >= 11 is 4.59. The quantitative estimate of drug-likeness (QED) is 0.804. The molecule has 3 heterocycles. The highest BCUT2D eigenvalue weighted by Gasteiger charge is 2.23. The van der Waals surface area contributed by atoms with Gasteiger partial charge in [0.15, 0.2) is 0 Å². The summed E-state index contributed by atoms with van der Waals surface area (Å²) in [5, 5.41) is 0.334. The van der Waals surface area contributed by atoms with Gasteiger partial charge < -0.3 is 4.57 Å². The molecule has 1 atom stereocenters. The fraction of sp³-hybridized carbons (Fsp3) is 0.333. The Morgan fingerprint density at radius 2 is 2.31 bits per heavy atom. The van der Waals surface area contributed by atoms with Gasteiger partial charge in [-0.05, 0) is 18.6 Å². The summed E-state index contributed by atoms with van der Waals surface area (Å²) < 4.78 is 2.20. The molecule has 0 saturated heterocycles. The molecule has 3 rings (SSSR count). The van der Waals surface area contributed by atoms with Crippen LogP contribution in [0.5, 0.6) is 0 Å². The van der Waals surface area contributed by atoms with Crippen LogP contribution in [-0.2, 0) is 13.0 Å². The SMILES string of the molecule is SC1CCn2cnc(Cc3ccccn3)c21. The van der Waals surface area contributed by atoms with Crippen LogP contribution in [-0.4, -0.2) is 14.5 Å². The van der Waals surface area contributed by atoms with Gasteiger partial charge in [0.1, 0.15) is 0 Å². The van der Waals surface area contributed by atoms with Gasteiger partial charge in [-0.3, -0.25) is 4.98 Å². The van der Waals surface area contributed by atoms with Crippen LogP contribution in [0.1, 0.15) is 28.8 Å². The van der Waals surface area contributed by atoms with Crippen LogP contribution in [0.4, 0.5) is 0 Å². The summed E-state index contributed by atoms with van der Waals surface area (Å²) in [6, 6.07) is 5.98. The third-order valence-corrected chi connectivity index (χ3v) is 3.49. The third kappa shape index (κ3) is 1.63. The highest BCUT2D eigenvalue weighted by molar-refractivity contribution is 7.80. The van der Waals surface area contributed by atoms with Crippen LogP contribution in [0.3, 0.4) is 0 Å². The molecule has 2 aromatic heterocycles. The van der Waals surface area contributed by atoms with Crippen LogP contribution >= 0.6 is 12.6 Å². The topological polar surface area (TPSA) is 30.7 Å². The first-order chi connectivity index (χ1) is 7.84. The van der Waals surface area contributed by atoms with Gasteiger partial charge in [0, 0.05) is 30.1 Å². The fourth-order valence-electron chi connectivity index (χ4n) is 2.20. The summed E-state index contributed by atoms with van der Waals surface area (Å²) in [6.07, 6.45) is 5.66. The van der Waals surface area contributed by atoms with Crippen molar-refractivity contribution in [2.24, 2.45) is 0 Å². The lowest BCUT2D eigenvalue weighted by atomic mass is 10.1. The molecule has 3 nitrogen and oxygen atoms in total. The van der Waals surface area contributed by atoms with Crippen molar-refractivity contribution >= 4 is 12.6 Å². The Hall–Kier alpha value is -1.29. The molecule has 1 unspecified atom stereocenters. The number of pyridine rings is 1. The largest absolute Gasteiger partial charge is 0.333 e. The average molecular weight is 231 g/mol. The van der Waals surface area contributed by atoms with Gasteiger partial charge in [0.05, 0.1) is 17.7 Å². The zero-order chi connectivity index (χ0) is 11.0. The standard InChI is InChI=1S/C12H13N3S/c16-11-4-6-15-8-14-10(12(11)15)7-9-3-1-2-5-13-9/h1-3,5,8,11,16H,4,6-7H2. The Labute approximate surface area is 100.0 Å². The zero-order valence-corrected chi connectivity index (χ0v) is 9.77. The molecule has 0 spiro atoms. The Bertz CT molecular complexity index is 492. The highest BCUT2D eigenvalue weighted by Crippen LogP contribution is 2.33. The normalized spacial score (nSPS) is 18.7. The van der Waals surface area contributed by atoms with Gasteiger partial charge in [-0.1, -0.05) is 6.07 Å². The Morgan fingerprint density at radius 3 is 3.12 bits per heavy atom. The number of nitrogens with zero attached hydrogens (tertiary/aromatic N) is 3. The van der Waals surface area contributed by atoms with Crippen molar-refractivity contribution in [2.75, 3.05) is 0 Å². The van der Waals surface area contributed by atoms with Gasteiger partial charge in [-0.2, -0.15) is 12.6 Å². The van der Waals surface area contributed by atoms with E-state index in [2.05, 4.69) is 27.2 Å². The lowest BCUT2D eigenvalue weighted by Gasteiger charge is -2.04. The van der Waals surface area contributed by atoms with Gasteiger partial charge in [0.2, 0.25) is 0 Å². The molecule has 2 aromatic rings. The molecule has 0 N–H and O–H groups in total. The molecule has 16 heavy (non-hydrogen) atoms. The second kappa shape index (κ2) is 3.94. The maximum absolute atomic E-state index is 4.59. The van der Waals surface area contributed by atoms with Gasteiger partial charge >= 0.3 is 0 Å². The van der Waals surface area contributed by atoms with Crippen molar-refractivity contribution in [1.29, 1.82) is 0 Å². The molecule has 0 fully saturated rings. The molecular formula is C12H13N3S. The summed E-state index contributed by atoms with van der Waals surface area (Å²) in [6.45, 7) is 1.04. The second-order valence-electron chi connectivity index (χ2n) is 4.07. The molecule has 1 aliphatic heterocycles. The molecule has 0 amide bonds. The molecule has 82 valence electrons. The lowest BCUT2D eigenvalue weighted by molar-refractivity contribution is 0.739. The van der Waals surface area contributed by atoms with E-state index in [0.29, 0.717) is 5.25 Å². The summed E-state index contributed by atoms with van der Waals surface area (Å²) in [5.74, 6) is 0. The molecule has 0 aliphatic carbocycles. The summed E-state index contributed by atoms with van der Waals surface area (Å²) in [7, 11) is 0. The number of aryl methyl sites for hydroxylation is 1. The number of fused-ring (bicyclic) bond motifs is 1. The molecular weight excluding hydrogens is 218 g/mol. The van der Waals surface area contributed by atoms with Crippen molar-refractivity contribution in [3.63, 3.8) is 0 Å². The predicted octanol–water partition coefficient (Wildman–Crippen LogP) is 2.24. The van der Waals surface area contributed by atoms with Crippen molar-refractivity contribution < 1.29 is 0 Å². The van der Waals surface area contributed by atoms with E-state index in [4.69, 9.17) is 0 Å². The molecule has 0 radical (unpaired) electrons. The van der Waals surface area contributed by atoms with Crippen molar-refractivity contribution in [3.05, 3.63) is 47.8 Å². The zero-order valence-electron chi connectivity index (χ0n) is 8.87. The van der Waals surface area contributed by atoms with E-state index in [1.165, 1.54) is 5.69 Å². The maximum atomic E-state index is 4.59. The minimum Gasteiger partial charge on any atom is -0.333 e. The number of hydrogen-bond acceptors (Lipinski definition) is 3. The van der Waals surface area contributed by atoms with Gasteiger partial charge in [-0.25, -0.2) is 4.98 Å². The molecule has 0 bridgehead atoms. The smallest absolute Gasteiger partial charge is 0.0952 e. The van der Waals surface area contributed by atoms with Crippen LogP contribution in [0, 0.1) is 0 Å². The first-order valence-electron chi connectivity index (χ1n) is 5.46. The molecule has 0 aromatic carbocycles. The second-order valence-corrected chi connectivity index (χ2v) is 4.70. The average Bonchev–Trinajstić information content (AvgIpc) is 2.86.